The van der Waals surface area contributed by atoms with Gasteiger partial charge in [-0.1, -0.05) is 11.6 Å². The summed E-state index contributed by atoms with van der Waals surface area (Å²) in [5, 5.41) is 0.558. The summed E-state index contributed by atoms with van der Waals surface area (Å²) in [6, 6.07) is 5.92. The van der Waals surface area contributed by atoms with Crippen molar-refractivity contribution in [2.75, 3.05) is 5.75 Å². The molecule has 4 heteroatoms. The minimum atomic E-state index is 0.558. The van der Waals surface area contributed by atoms with Crippen molar-refractivity contribution in [2.45, 2.75) is 6.42 Å². The summed E-state index contributed by atoms with van der Waals surface area (Å²) >= 11 is 11.7. The van der Waals surface area contributed by atoms with E-state index in [0.717, 1.165) is 17.7 Å². The molecule has 0 atom stereocenters. The maximum absolute atomic E-state index is 5.78. The molecule has 1 nitrogen and oxygen atoms in total. The molecule has 0 saturated heterocycles. The van der Waals surface area contributed by atoms with Gasteiger partial charge in [0.25, 0.3) is 0 Å². The minimum Gasteiger partial charge on any atom is -0.235 e. The molecule has 0 aromatic carbocycles. The third-order valence-corrected chi connectivity index (χ3v) is 3.33. The number of thiol groups is 1. The molecule has 0 aliphatic heterocycles. The number of rotatable bonds is 2. The zero-order chi connectivity index (χ0) is 9.26. The third kappa shape index (κ3) is 1.98. The normalized spacial score (nSPS) is 10.9. The Morgan fingerprint density at radius 3 is 3.08 bits per heavy atom. The molecule has 0 amide bonds. The maximum atomic E-state index is 5.78. The Balaban J connectivity index is 2.49. The van der Waals surface area contributed by atoms with E-state index in [1.165, 1.54) is 9.58 Å². The molecule has 2 aromatic heterocycles. The number of pyridine rings is 1. The van der Waals surface area contributed by atoms with Crippen molar-refractivity contribution in [3.63, 3.8) is 0 Å². The van der Waals surface area contributed by atoms with Crippen molar-refractivity contribution in [1.82, 2.24) is 4.98 Å². The Hall–Kier alpha value is -0.250. The molecule has 0 bridgehead atoms. The second-order valence-electron chi connectivity index (χ2n) is 2.70. The first kappa shape index (κ1) is 9.31. The standard InChI is InChI=1S/C9H8ClNS2/c10-9-2-1-8-7(11-9)5-6(13-8)3-4-12/h1-2,5,12H,3-4H2. The van der Waals surface area contributed by atoms with Crippen LogP contribution in [0.1, 0.15) is 4.88 Å². The van der Waals surface area contributed by atoms with Crippen LogP contribution in [0.4, 0.5) is 0 Å². The molecule has 0 radical (unpaired) electrons. The van der Waals surface area contributed by atoms with Gasteiger partial charge >= 0.3 is 0 Å². The summed E-state index contributed by atoms with van der Waals surface area (Å²) in [5.41, 5.74) is 0.995. The van der Waals surface area contributed by atoms with Crippen molar-refractivity contribution in [3.8, 4) is 0 Å². The second kappa shape index (κ2) is 3.86. The molecule has 13 heavy (non-hydrogen) atoms. The van der Waals surface area contributed by atoms with Crippen LogP contribution in [0.5, 0.6) is 0 Å². The van der Waals surface area contributed by atoms with Gasteiger partial charge in [0.2, 0.25) is 0 Å². The van der Waals surface area contributed by atoms with E-state index in [2.05, 4.69) is 23.7 Å². The van der Waals surface area contributed by atoms with E-state index in [1.807, 2.05) is 12.1 Å². The van der Waals surface area contributed by atoms with E-state index in [0.29, 0.717) is 5.15 Å². The monoisotopic (exact) mass is 229 g/mol. The molecule has 0 aliphatic rings. The van der Waals surface area contributed by atoms with E-state index in [-0.39, 0.29) is 0 Å². The van der Waals surface area contributed by atoms with Crippen molar-refractivity contribution in [2.24, 2.45) is 0 Å². The molecule has 0 unspecified atom stereocenters. The van der Waals surface area contributed by atoms with Crippen LogP contribution in [-0.4, -0.2) is 10.7 Å². The predicted octanol–water partition coefficient (Wildman–Crippen LogP) is 3.42. The zero-order valence-corrected chi connectivity index (χ0v) is 9.29. The topological polar surface area (TPSA) is 12.9 Å². The fourth-order valence-corrected chi connectivity index (χ4v) is 2.73. The lowest BCUT2D eigenvalue weighted by atomic mass is 10.3. The summed E-state index contributed by atoms with van der Waals surface area (Å²) in [4.78, 5) is 5.55. The summed E-state index contributed by atoms with van der Waals surface area (Å²) in [6.45, 7) is 0. The first-order valence-electron chi connectivity index (χ1n) is 3.95. The molecule has 2 aromatic rings. The Morgan fingerprint density at radius 1 is 1.46 bits per heavy atom. The largest absolute Gasteiger partial charge is 0.235 e. The number of hydrogen-bond donors (Lipinski definition) is 1. The van der Waals surface area contributed by atoms with E-state index >= 15 is 0 Å². The van der Waals surface area contributed by atoms with Gasteiger partial charge in [-0.05, 0) is 30.4 Å². The minimum absolute atomic E-state index is 0.558. The van der Waals surface area contributed by atoms with Crippen LogP contribution in [0.25, 0.3) is 10.2 Å². The average Bonchev–Trinajstić information content (AvgIpc) is 2.46. The number of nitrogens with zero attached hydrogens (tertiary/aromatic N) is 1. The van der Waals surface area contributed by atoms with Crippen molar-refractivity contribution < 1.29 is 0 Å². The van der Waals surface area contributed by atoms with Gasteiger partial charge in [0.05, 0.1) is 10.2 Å². The highest BCUT2D eigenvalue weighted by Gasteiger charge is 2.02. The molecule has 0 N–H and O–H groups in total. The van der Waals surface area contributed by atoms with E-state index < -0.39 is 0 Å². The van der Waals surface area contributed by atoms with Gasteiger partial charge in [-0.25, -0.2) is 4.98 Å². The molecule has 0 aliphatic carbocycles. The maximum Gasteiger partial charge on any atom is 0.129 e. The van der Waals surface area contributed by atoms with Gasteiger partial charge in [-0.3, -0.25) is 0 Å². The van der Waals surface area contributed by atoms with E-state index in [1.54, 1.807) is 11.3 Å². The average molecular weight is 230 g/mol. The summed E-state index contributed by atoms with van der Waals surface area (Å²) in [5.74, 6) is 0.876. The van der Waals surface area contributed by atoms with Crippen molar-refractivity contribution >= 4 is 45.8 Å². The lowest BCUT2D eigenvalue weighted by Crippen LogP contribution is -1.77. The first-order valence-corrected chi connectivity index (χ1v) is 5.78. The van der Waals surface area contributed by atoms with Gasteiger partial charge < -0.3 is 0 Å². The lowest BCUT2D eigenvalue weighted by Gasteiger charge is -1.87. The second-order valence-corrected chi connectivity index (χ2v) is 4.71. The lowest BCUT2D eigenvalue weighted by molar-refractivity contribution is 1.21. The summed E-state index contributed by atoms with van der Waals surface area (Å²) in [7, 11) is 0. The van der Waals surface area contributed by atoms with Gasteiger partial charge in [-0.2, -0.15) is 12.6 Å². The summed E-state index contributed by atoms with van der Waals surface area (Å²) < 4.78 is 1.20. The van der Waals surface area contributed by atoms with Crippen LogP contribution >= 0.6 is 35.6 Å². The van der Waals surface area contributed by atoms with Gasteiger partial charge in [0.15, 0.2) is 0 Å². The molecule has 0 spiro atoms. The highest BCUT2D eigenvalue weighted by molar-refractivity contribution is 7.80. The SMILES string of the molecule is SCCc1cc2nc(Cl)ccc2s1. The predicted molar refractivity (Wildman–Crippen MR) is 62.2 cm³/mol. The quantitative estimate of drug-likeness (QED) is 0.615. The number of thiophene rings is 1. The Morgan fingerprint density at radius 2 is 2.31 bits per heavy atom. The smallest absolute Gasteiger partial charge is 0.129 e. The van der Waals surface area contributed by atoms with Crippen LogP contribution in [0.2, 0.25) is 5.15 Å². The van der Waals surface area contributed by atoms with Gasteiger partial charge in [-0.15, -0.1) is 11.3 Å². The molecule has 2 heterocycles. The molecule has 0 saturated carbocycles. The molecule has 68 valence electrons. The Kier molecular flexibility index (Phi) is 2.77. The fraction of sp³-hybridized carbons (Fsp3) is 0.222. The van der Waals surface area contributed by atoms with Crippen LogP contribution < -0.4 is 0 Å². The fourth-order valence-electron chi connectivity index (χ4n) is 1.18. The number of hydrogen-bond acceptors (Lipinski definition) is 3. The van der Waals surface area contributed by atoms with Crippen LogP contribution in [0, 0.1) is 0 Å². The van der Waals surface area contributed by atoms with E-state index in [4.69, 9.17) is 11.6 Å². The Bertz CT molecular complexity index is 424. The highest BCUT2D eigenvalue weighted by atomic mass is 35.5. The number of aryl methyl sites for hydroxylation is 1. The molecule has 0 fully saturated rings. The van der Waals surface area contributed by atoms with Crippen LogP contribution in [0.3, 0.4) is 0 Å². The van der Waals surface area contributed by atoms with Crippen LogP contribution in [-0.2, 0) is 6.42 Å². The van der Waals surface area contributed by atoms with Crippen molar-refractivity contribution in [3.05, 3.63) is 28.2 Å². The first-order chi connectivity index (χ1) is 6.29. The molecule has 2 rings (SSSR count). The number of aromatic nitrogens is 1. The number of fused-ring (bicyclic) bond motifs is 1. The van der Waals surface area contributed by atoms with Crippen LogP contribution in [0.15, 0.2) is 18.2 Å². The van der Waals surface area contributed by atoms with E-state index in [9.17, 15) is 0 Å². The third-order valence-electron chi connectivity index (χ3n) is 1.75. The Labute approximate surface area is 91.2 Å². The van der Waals surface area contributed by atoms with Gasteiger partial charge in [0, 0.05) is 4.88 Å². The van der Waals surface area contributed by atoms with Crippen molar-refractivity contribution in [1.29, 1.82) is 0 Å². The number of halogens is 1. The summed E-state index contributed by atoms with van der Waals surface area (Å²) in [6.07, 6.45) is 1.00. The molecular formula is C9H8ClNS2. The molecular weight excluding hydrogens is 222 g/mol. The van der Waals surface area contributed by atoms with Gasteiger partial charge in [0.1, 0.15) is 5.15 Å². The highest BCUT2D eigenvalue weighted by Crippen LogP contribution is 2.25. The zero-order valence-electron chi connectivity index (χ0n) is 6.83.